The number of esters is 1. The Morgan fingerprint density at radius 2 is 2.18 bits per heavy atom. The lowest BCUT2D eigenvalue weighted by molar-refractivity contribution is -0.163. The van der Waals surface area contributed by atoms with Gasteiger partial charge in [-0.1, -0.05) is 15.9 Å². The molecule has 0 saturated heterocycles. The number of fused-ring (bicyclic) bond motifs is 1. The van der Waals surface area contributed by atoms with Gasteiger partial charge in [0.2, 0.25) is 5.60 Å². The Hall–Kier alpha value is -1.33. The summed E-state index contributed by atoms with van der Waals surface area (Å²) >= 11 is 3.34. The molecule has 2 rings (SSSR count). The van der Waals surface area contributed by atoms with Gasteiger partial charge < -0.3 is 14.3 Å². The Morgan fingerprint density at radius 3 is 2.82 bits per heavy atom. The van der Waals surface area contributed by atoms with Gasteiger partial charge in [0, 0.05) is 9.86 Å². The molecule has 0 radical (unpaired) electrons. The summed E-state index contributed by atoms with van der Waals surface area (Å²) in [5, 5.41) is 10.8. The molecule has 1 aromatic carbocycles. The maximum Gasteiger partial charge on any atom is 0.345 e. The van der Waals surface area contributed by atoms with E-state index in [0.717, 1.165) is 9.86 Å². The van der Waals surface area contributed by atoms with E-state index in [4.69, 9.17) is 4.42 Å². The molecule has 0 aliphatic heterocycles. The first-order valence-electron chi connectivity index (χ1n) is 4.95. The Balaban J connectivity index is 2.53. The van der Waals surface area contributed by atoms with Crippen LogP contribution in [0, 0.1) is 0 Å². The van der Waals surface area contributed by atoms with Gasteiger partial charge in [-0.3, -0.25) is 0 Å². The van der Waals surface area contributed by atoms with Gasteiger partial charge in [-0.05, 0) is 31.2 Å². The molecular weight excluding hydrogens is 288 g/mol. The van der Waals surface area contributed by atoms with Crippen LogP contribution in [0.1, 0.15) is 12.7 Å². The van der Waals surface area contributed by atoms with E-state index in [9.17, 15) is 9.90 Å². The predicted octanol–water partition coefficient (Wildman–Crippen LogP) is 2.58. The quantitative estimate of drug-likeness (QED) is 0.866. The smallest absolute Gasteiger partial charge is 0.345 e. The second-order valence-electron chi connectivity index (χ2n) is 3.86. The summed E-state index contributed by atoms with van der Waals surface area (Å²) < 4.78 is 10.9. The third kappa shape index (κ3) is 2.08. The molecule has 5 heteroatoms. The first-order valence-corrected chi connectivity index (χ1v) is 5.75. The Labute approximate surface area is 106 Å². The summed E-state index contributed by atoms with van der Waals surface area (Å²) in [7, 11) is 1.22. The van der Waals surface area contributed by atoms with Crippen molar-refractivity contribution in [3.63, 3.8) is 0 Å². The molecule has 2 aromatic rings. The van der Waals surface area contributed by atoms with E-state index in [1.807, 2.05) is 12.1 Å². The summed E-state index contributed by atoms with van der Waals surface area (Å²) in [4.78, 5) is 11.4. The van der Waals surface area contributed by atoms with E-state index >= 15 is 0 Å². The summed E-state index contributed by atoms with van der Waals surface area (Å²) in [6.45, 7) is 1.34. The van der Waals surface area contributed by atoms with Crippen molar-refractivity contribution in [2.24, 2.45) is 0 Å². The Morgan fingerprint density at radius 1 is 1.47 bits per heavy atom. The van der Waals surface area contributed by atoms with Crippen molar-refractivity contribution < 1.29 is 19.1 Å². The highest BCUT2D eigenvalue weighted by atomic mass is 79.9. The van der Waals surface area contributed by atoms with Crippen molar-refractivity contribution in [3.8, 4) is 0 Å². The molecular formula is C12H11BrO4. The van der Waals surface area contributed by atoms with Crippen molar-refractivity contribution >= 4 is 32.9 Å². The van der Waals surface area contributed by atoms with Crippen LogP contribution in [0.3, 0.4) is 0 Å². The van der Waals surface area contributed by atoms with Crippen molar-refractivity contribution in [2.75, 3.05) is 7.11 Å². The predicted molar refractivity (Wildman–Crippen MR) is 65.5 cm³/mol. The third-order valence-corrected chi connectivity index (χ3v) is 3.03. The minimum Gasteiger partial charge on any atom is -0.467 e. The number of halogens is 1. The number of ether oxygens (including phenoxy) is 1. The van der Waals surface area contributed by atoms with Crippen LogP contribution in [0.5, 0.6) is 0 Å². The summed E-state index contributed by atoms with van der Waals surface area (Å²) in [5.74, 6) is -0.590. The van der Waals surface area contributed by atoms with Crippen LogP contribution in [-0.4, -0.2) is 18.2 Å². The lowest BCUT2D eigenvalue weighted by atomic mass is 10.0. The fraction of sp³-hybridized carbons (Fsp3) is 0.250. The molecule has 17 heavy (non-hydrogen) atoms. The van der Waals surface area contributed by atoms with Crippen molar-refractivity contribution in [1.82, 2.24) is 0 Å². The topological polar surface area (TPSA) is 59.7 Å². The number of furan rings is 1. The third-order valence-electron chi connectivity index (χ3n) is 2.54. The number of aliphatic hydroxyl groups is 1. The van der Waals surface area contributed by atoms with Gasteiger partial charge in [0.1, 0.15) is 11.3 Å². The molecule has 0 aliphatic carbocycles. The fourth-order valence-electron chi connectivity index (χ4n) is 1.55. The van der Waals surface area contributed by atoms with Crippen LogP contribution in [0.4, 0.5) is 0 Å². The largest absolute Gasteiger partial charge is 0.467 e. The molecule has 0 saturated carbocycles. The zero-order valence-corrected chi connectivity index (χ0v) is 10.9. The summed E-state index contributed by atoms with van der Waals surface area (Å²) in [6.07, 6.45) is 0. The highest BCUT2D eigenvalue weighted by Gasteiger charge is 2.37. The number of hydrogen-bond acceptors (Lipinski definition) is 4. The number of carbonyl (C=O) groups excluding carboxylic acids is 1. The molecule has 4 nitrogen and oxygen atoms in total. The number of carbonyl (C=O) groups is 1. The van der Waals surface area contributed by atoms with Gasteiger partial charge in [-0.25, -0.2) is 4.79 Å². The maximum atomic E-state index is 11.4. The second-order valence-corrected chi connectivity index (χ2v) is 4.77. The van der Waals surface area contributed by atoms with E-state index < -0.39 is 11.6 Å². The molecule has 1 atom stereocenters. The molecule has 0 aliphatic rings. The van der Waals surface area contributed by atoms with E-state index in [1.54, 1.807) is 12.1 Å². The van der Waals surface area contributed by atoms with E-state index in [0.29, 0.717) is 5.58 Å². The minimum atomic E-state index is -1.78. The molecule has 0 amide bonds. The molecule has 1 unspecified atom stereocenters. The van der Waals surface area contributed by atoms with E-state index in [1.165, 1.54) is 14.0 Å². The van der Waals surface area contributed by atoms with Gasteiger partial charge in [0.15, 0.2) is 0 Å². The molecule has 0 fully saturated rings. The second kappa shape index (κ2) is 4.16. The van der Waals surface area contributed by atoms with Gasteiger partial charge in [-0.15, -0.1) is 0 Å². The molecule has 1 N–H and O–H groups in total. The van der Waals surface area contributed by atoms with Crippen molar-refractivity contribution in [2.45, 2.75) is 12.5 Å². The lowest BCUT2D eigenvalue weighted by Crippen LogP contribution is -2.32. The average molecular weight is 299 g/mol. The number of rotatable bonds is 2. The Kier molecular flexibility index (Phi) is 2.97. The van der Waals surface area contributed by atoms with Crippen LogP contribution in [-0.2, 0) is 15.1 Å². The van der Waals surface area contributed by atoms with E-state index in [2.05, 4.69) is 20.7 Å². The van der Waals surface area contributed by atoms with Crippen molar-refractivity contribution in [1.29, 1.82) is 0 Å². The highest BCUT2D eigenvalue weighted by molar-refractivity contribution is 9.10. The van der Waals surface area contributed by atoms with Crippen LogP contribution in [0.2, 0.25) is 0 Å². The minimum absolute atomic E-state index is 0.164. The first-order chi connectivity index (χ1) is 7.95. The molecule has 1 aromatic heterocycles. The van der Waals surface area contributed by atoms with Crippen LogP contribution < -0.4 is 0 Å². The normalized spacial score (nSPS) is 14.6. The van der Waals surface area contributed by atoms with Gasteiger partial charge in [0.05, 0.1) is 7.11 Å². The maximum absolute atomic E-state index is 11.4. The number of benzene rings is 1. The number of methoxy groups -OCH3 is 1. The lowest BCUT2D eigenvalue weighted by Gasteiger charge is -2.16. The summed E-state index contributed by atoms with van der Waals surface area (Å²) in [6, 6.07) is 7.05. The zero-order valence-electron chi connectivity index (χ0n) is 9.36. The average Bonchev–Trinajstić information content (AvgIpc) is 2.71. The monoisotopic (exact) mass is 298 g/mol. The molecule has 0 bridgehead atoms. The highest BCUT2D eigenvalue weighted by Crippen LogP contribution is 2.30. The fourth-order valence-corrected chi connectivity index (χ4v) is 1.93. The SMILES string of the molecule is COC(=O)C(C)(O)c1cc2cc(Br)ccc2o1. The Bertz CT molecular complexity index is 571. The summed E-state index contributed by atoms with van der Waals surface area (Å²) in [5.41, 5.74) is -1.17. The standard InChI is InChI=1S/C12H11BrO4/c1-12(15,11(14)16-2)10-6-7-5-8(13)3-4-9(7)17-10/h3-6,15H,1-2H3. The van der Waals surface area contributed by atoms with Crippen LogP contribution >= 0.6 is 15.9 Å². The number of hydrogen-bond donors (Lipinski definition) is 1. The molecule has 90 valence electrons. The van der Waals surface area contributed by atoms with Gasteiger partial charge in [0.25, 0.3) is 0 Å². The van der Waals surface area contributed by atoms with Gasteiger partial charge in [-0.2, -0.15) is 0 Å². The van der Waals surface area contributed by atoms with Crippen LogP contribution in [0.25, 0.3) is 11.0 Å². The molecule has 0 spiro atoms. The first kappa shape index (κ1) is 12.1. The van der Waals surface area contributed by atoms with Crippen LogP contribution in [0.15, 0.2) is 33.2 Å². The zero-order chi connectivity index (χ0) is 12.6. The van der Waals surface area contributed by atoms with E-state index in [-0.39, 0.29) is 5.76 Å². The molecule has 1 heterocycles. The van der Waals surface area contributed by atoms with Gasteiger partial charge >= 0.3 is 5.97 Å². The van der Waals surface area contributed by atoms with Crippen molar-refractivity contribution in [3.05, 3.63) is 34.5 Å².